The van der Waals surface area contributed by atoms with Crippen LogP contribution in [0.3, 0.4) is 0 Å². The first kappa shape index (κ1) is 13.3. The van der Waals surface area contributed by atoms with Crippen molar-refractivity contribution in [3.05, 3.63) is 82.9 Å². The van der Waals surface area contributed by atoms with Gasteiger partial charge in [0, 0.05) is 0 Å². The molecule has 1 heterocycles. The number of benzene rings is 2. The van der Waals surface area contributed by atoms with Gasteiger partial charge in [-0.15, -0.1) is 0 Å². The molecule has 0 saturated carbocycles. The Morgan fingerprint density at radius 2 is 1.27 bits per heavy atom. The van der Waals surface area contributed by atoms with Crippen molar-refractivity contribution in [2.45, 2.75) is 25.5 Å². The Hall–Kier alpha value is -1.20. The molecule has 1 fully saturated rings. The fraction of sp³-hybridized carbons (Fsp3) is 0.238. The van der Waals surface area contributed by atoms with Crippen LogP contribution in [0, 0.1) is 0 Å². The SMILES string of the molecule is C1=CC([C]2(C3C=Cc4ccccc43)C[CH2][Zr]2)c2ccccc21. The van der Waals surface area contributed by atoms with E-state index >= 15 is 0 Å². The molecule has 1 heteroatoms. The zero-order chi connectivity index (χ0) is 14.6. The van der Waals surface area contributed by atoms with E-state index in [-0.39, 0.29) is 23.2 Å². The van der Waals surface area contributed by atoms with Crippen LogP contribution in [0.4, 0.5) is 0 Å². The molecule has 0 N–H and O–H groups in total. The molecule has 0 radical (unpaired) electrons. The molecule has 0 spiro atoms. The fourth-order valence-corrected chi connectivity index (χ4v) is 8.89. The zero-order valence-electron chi connectivity index (χ0n) is 12.5. The molecule has 2 unspecified atom stereocenters. The molecule has 0 aromatic heterocycles. The number of rotatable bonds is 2. The van der Waals surface area contributed by atoms with Gasteiger partial charge in [-0.3, -0.25) is 0 Å². The van der Waals surface area contributed by atoms with Crippen LogP contribution < -0.4 is 0 Å². The second-order valence-electron chi connectivity index (χ2n) is 6.65. The van der Waals surface area contributed by atoms with Crippen molar-refractivity contribution >= 4 is 12.2 Å². The van der Waals surface area contributed by atoms with Crippen molar-refractivity contribution in [1.82, 2.24) is 0 Å². The number of fused-ring (bicyclic) bond motifs is 2. The second kappa shape index (κ2) is 4.90. The molecular formula is C21H18Zr. The Morgan fingerprint density at radius 1 is 0.773 bits per heavy atom. The summed E-state index contributed by atoms with van der Waals surface area (Å²) in [6.07, 6.45) is 11.2. The van der Waals surface area contributed by atoms with Crippen molar-refractivity contribution in [2.75, 3.05) is 0 Å². The van der Waals surface area contributed by atoms with E-state index in [1.54, 1.807) is 15.3 Å². The first-order chi connectivity index (χ1) is 10.9. The van der Waals surface area contributed by atoms with Gasteiger partial charge in [0.1, 0.15) is 0 Å². The van der Waals surface area contributed by atoms with Crippen molar-refractivity contribution in [3.8, 4) is 0 Å². The maximum absolute atomic E-state index is 2.51. The van der Waals surface area contributed by atoms with Crippen LogP contribution in [0.25, 0.3) is 12.2 Å². The van der Waals surface area contributed by atoms with Gasteiger partial charge >= 0.3 is 144 Å². The average molecular weight is 362 g/mol. The van der Waals surface area contributed by atoms with E-state index in [0.29, 0.717) is 15.0 Å². The van der Waals surface area contributed by atoms with Crippen molar-refractivity contribution in [3.63, 3.8) is 0 Å². The van der Waals surface area contributed by atoms with E-state index in [4.69, 9.17) is 0 Å². The van der Waals surface area contributed by atoms with E-state index in [1.807, 2.05) is 0 Å². The summed E-state index contributed by atoms with van der Waals surface area (Å²) in [5.41, 5.74) is 6.07. The van der Waals surface area contributed by atoms with E-state index in [1.165, 1.54) is 17.5 Å². The molecule has 5 rings (SSSR count). The van der Waals surface area contributed by atoms with Crippen molar-refractivity contribution in [2.24, 2.45) is 0 Å². The van der Waals surface area contributed by atoms with Gasteiger partial charge in [0.2, 0.25) is 0 Å². The quantitative estimate of drug-likeness (QED) is 0.646. The van der Waals surface area contributed by atoms with Crippen LogP contribution in [0.15, 0.2) is 60.7 Å². The van der Waals surface area contributed by atoms with Crippen LogP contribution in [0.2, 0.25) is 7.25 Å². The van der Waals surface area contributed by atoms with Crippen molar-refractivity contribution < 1.29 is 23.2 Å². The van der Waals surface area contributed by atoms with E-state index in [0.717, 1.165) is 0 Å². The minimum absolute atomic E-state index is 0.336. The molecule has 0 bridgehead atoms. The minimum atomic E-state index is -0.336. The van der Waals surface area contributed by atoms with Gasteiger partial charge in [-0.25, -0.2) is 0 Å². The Balaban J connectivity index is 1.61. The molecule has 22 heavy (non-hydrogen) atoms. The molecule has 1 aliphatic heterocycles. The standard InChI is InChI=1S/C21H18.Zr/c1-2-17(20-13-11-15-7-3-5-9-18(15)20)21-14-12-16-8-4-6-10-19(16)21;/h3-14,20-21H,1-2H2;. The van der Waals surface area contributed by atoms with Crippen LogP contribution in [-0.2, 0) is 23.2 Å². The van der Waals surface area contributed by atoms with Crippen LogP contribution in [-0.4, -0.2) is 0 Å². The Bertz CT molecular complexity index is 732. The number of allylic oxidation sites excluding steroid dienone is 2. The molecule has 1 saturated heterocycles. The van der Waals surface area contributed by atoms with Gasteiger partial charge in [0.25, 0.3) is 0 Å². The number of hydrogen-bond donors (Lipinski definition) is 0. The van der Waals surface area contributed by atoms with Crippen LogP contribution in [0.5, 0.6) is 0 Å². The van der Waals surface area contributed by atoms with Gasteiger partial charge in [-0.05, 0) is 0 Å². The molecule has 106 valence electrons. The third-order valence-corrected chi connectivity index (χ3v) is 10.7. The summed E-state index contributed by atoms with van der Waals surface area (Å²) < 4.78 is 2.11. The first-order valence-corrected chi connectivity index (χ1v) is 11.1. The van der Waals surface area contributed by atoms with Gasteiger partial charge in [-0.2, -0.15) is 0 Å². The van der Waals surface area contributed by atoms with Gasteiger partial charge in [-0.1, -0.05) is 0 Å². The van der Waals surface area contributed by atoms with Crippen LogP contribution >= 0.6 is 0 Å². The van der Waals surface area contributed by atoms with Gasteiger partial charge in [0.05, 0.1) is 0 Å². The number of hydrogen-bond acceptors (Lipinski definition) is 0. The summed E-state index contributed by atoms with van der Waals surface area (Å²) in [5.74, 6) is 1.31. The van der Waals surface area contributed by atoms with E-state index in [9.17, 15) is 0 Å². The molecule has 0 nitrogen and oxygen atoms in total. The summed E-state index contributed by atoms with van der Waals surface area (Å²) in [6, 6.07) is 18.1. The Labute approximate surface area is 143 Å². The molecule has 2 atom stereocenters. The molecule has 2 aliphatic carbocycles. The normalized spacial score (nSPS) is 30.5. The zero-order valence-corrected chi connectivity index (χ0v) is 15.0. The molecular weight excluding hydrogens is 343 g/mol. The van der Waals surface area contributed by atoms with E-state index < -0.39 is 0 Å². The monoisotopic (exact) mass is 360 g/mol. The summed E-state index contributed by atoms with van der Waals surface area (Å²) in [7, 11) is 0. The summed E-state index contributed by atoms with van der Waals surface area (Å²) in [4.78, 5) is 0. The molecule has 0 amide bonds. The first-order valence-electron chi connectivity index (χ1n) is 8.18. The third-order valence-electron chi connectivity index (χ3n) is 5.70. The predicted molar refractivity (Wildman–Crippen MR) is 88.6 cm³/mol. The topological polar surface area (TPSA) is 0 Å². The van der Waals surface area contributed by atoms with Gasteiger partial charge < -0.3 is 0 Å². The molecule has 2 aromatic rings. The summed E-state index contributed by atoms with van der Waals surface area (Å²) in [5, 5.41) is 0. The Morgan fingerprint density at radius 3 is 1.73 bits per heavy atom. The second-order valence-corrected chi connectivity index (χ2v) is 11.0. The van der Waals surface area contributed by atoms with Crippen LogP contribution in [0.1, 0.15) is 40.5 Å². The summed E-state index contributed by atoms with van der Waals surface area (Å²) >= 11 is -0.336. The predicted octanol–water partition coefficient (Wildman–Crippen LogP) is 5.67. The summed E-state index contributed by atoms with van der Waals surface area (Å²) in [6.45, 7) is 0. The third kappa shape index (κ3) is 1.72. The van der Waals surface area contributed by atoms with Crippen molar-refractivity contribution in [1.29, 1.82) is 0 Å². The Kier molecular flexibility index (Phi) is 2.95. The molecule has 2 aromatic carbocycles. The fourth-order valence-electron chi connectivity index (χ4n) is 4.54. The van der Waals surface area contributed by atoms with Gasteiger partial charge in [0.15, 0.2) is 0 Å². The van der Waals surface area contributed by atoms with E-state index in [2.05, 4.69) is 72.8 Å². The average Bonchev–Trinajstić information content (AvgIpc) is 3.13. The molecule has 3 aliphatic rings. The maximum atomic E-state index is 2.51.